The molecule has 11 nitrogen and oxygen atoms in total. The van der Waals surface area contributed by atoms with Gasteiger partial charge in [0.05, 0.1) is 0 Å². The van der Waals surface area contributed by atoms with Gasteiger partial charge in [-0.25, -0.2) is 9.59 Å². The minimum absolute atomic E-state index is 0.118. The van der Waals surface area contributed by atoms with E-state index in [1.165, 1.54) is 33.6 Å². The van der Waals surface area contributed by atoms with Crippen molar-refractivity contribution in [3.8, 4) is 22.3 Å². The van der Waals surface area contributed by atoms with Gasteiger partial charge in [0.1, 0.15) is 6.29 Å². The van der Waals surface area contributed by atoms with E-state index >= 15 is 0 Å². The van der Waals surface area contributed by atoms with Crippen molar-refractivity contribution in [2.24, 2.45) is 0 Å². The summed E-state index contributed by atoms with van der Waals surface area (Å²) < 4.78 is 0. The predicted molar refractivity (Wildman–Crippen MR) is 246 cm³/mol. The molecule has 4 aliphatic heterocycles. The molecular weight excluding hydrogens is 761 g/mol. The van der Waals surface area contributed by atoms with Crippen LogP contribution in [-0.2, 0) is 19.6 Å². The van der Waals surface area contributed by atoms with Gasteiger partial charge in [-0.1, -0.05) is 109 Å². The molecule has 0 bridgehead atoms. The maximum absolute atomic E-state index is 11.5. The lowest BCUT2D eigenvalue weighted by Crippen LogP contribution is -2.46. The Morgan fingerprint density at radius 1 is 0.492 bits per heavy atom. The molecule has 6 aromatic carbocycles. The molecule has 0 unspecified atom stereocenters. The van der Waals surface area contributed by atoms with E-state index in [2.05, 4.69) is 132 Å². The lowest BCUT2D eigenvalue weighted by Gasteiger charge is -2.36. The first-order valence-electron chi connectivity index (χ1n) is 21.0. The Morgan fingerprint density at radius 3 is 1.44 bits per heavy atom. The second kappa shape index (κ2) is 19.9. The molecule has 0 aromatic heterocycles. The topological polar surface area (TPSA) is 121 Å². The molecule has 0 radical (unpaired) electrons. The maximum Gasteiger partial charge on any atom is 0.319 e. The summed E-state index contributed by atoms with van der Waals surface area (Å²) in [6.45, 7) is 10.5. The Balaban J connectivity index is 0.000000140. The number of hydrogen-bond donors (Lipinski definition) is 5. The standard InChI is InChI=1S/C25H26N4O.C13H10O.C12H16N4O/c30-25-26-17-22-16-23(10-11-24(22)27-25)29-14-12-28(13-15-29)18-19-6-8-21(9-7-19)20-4-2-1-3-5-20;14-10-11-6-8-13(9-7-11)12-4-2-1-3-5-12;17-12-14-8-9-7-10(1-2-11(9)15-12)16-5-3-13-4-6-16/h1-11,16H,12-15,17-18H2,(H2,26,27,30);1-10H;1-2,7,13H,3-6,8H2,(H2,14,15,17). The number of aldehydes is 1. The predicted octanol–water partition coefficient (Wildman–Crippen LogP) is 8.21. The molecule has 0 spiro atoms. The summed E-state index contributed by atoms with van der Waals surface area (Å²) in [5.41, 5.74) is 13.5. The zero-order chi connectivity index (χ0) is 41.8. The summed E-state index contributed by atoms with van der Waals surface area (Å²) in [6, 6.07) is 49.4. The van der Waals surface area contributed by atoms with Gasteiger partial charge in [-0.3, -0.25) is 9.69 Å². The Kier molecular flexibility index (Phi) is 13.3. The van der Waals surface area contributed by atoms with E-state index in [1.54, 1.807) is 0 Å². The van der Waals surface area contributed by atoms with Gasteiger partial charge in [0.15, 0.2) is 0 Å². The van der Waals surface area contributed by atoms with Gasteiger partial charge in [0.25, 0.3) is 0 Å². The summed E-state index contributed by atoms with van der Waals surface area (Å²) in [5.74, 6) is 0. The molecule has 310 valence electrons. The fourth-order valence-electron chi connectivity index (χ4n) is 7.94. The molecule has 4 aliphatic rings. The van der Waals surface area contributed by atoms with Gasteiger partial charge < -0.3 is 36.4 Å². The van der Waals surface area contributed by atoms with Crippen molar-refractivity contribution in [2.75, 3.05) is 72.8 Å². The quantitative estimate of drug-likeness (QED) is 0.103. The van der Waals surface area contributed by atoms with Crippen LogP contribution in [0.2, 0.25) is 0 Å². The molecule has 4 amide bonds. The van der Waals surface area contributed by atoms with Crippen molar-refractivity contribution in [2.45, 2.75) is 19.6 Å². The monoisotopic (exact) mass is 812 g/mol. The SMILES string of the molecule is O=C1NCc2cc(N3CCN(Cc4ccc(-c5ccccc5)cc4)CC3)ccc2N1.O=C1NCc2cc(N3CCNCC3)ccc2N1.O=Cc1ccc(-c2ccccc2)cc1. The highest BCUT2D eigenvalue weighted by Crippen LogP contribution is 2.28. The van der Waals surface area contributed by atoms with Crippen molar-refractivity contribution in [1.82, 2.24) is 20.9 Å². The average molecular weight is 813 g/mol. The molecule has 6 aromatic rings. The highest BCUT2D eigenvalue weighted by Gasteiger charge is 2.21. The van der Waals surface area contributed by atoms with Crippen molar-refractivity contribution < 1.29 is 14.4 Å². The molecule has 0 saturated carbocycles. The maximum atomic E-state index is 11.5. The van der Waals surface area contributed by atoms with Crippen LogP contribution in [0.25, 0.3) is 22.3 Å². The van der Waals surface area contributed by atoms with E-state index in [0.717, 1.165) is 93.3 Å². The van der Waals surface area contributed by atoms with Crippen LogP contribution in [0.4, 0.5) is 32.3 Å². The summed E-state index contributed by atoms with van der Waals surface area (Å²) in [6.07, 6.45) is 0.856. The smallest absolute Gasteiger partial charge is 0.319 e. The lowest BCUT2D eigenvalue weighted by atomic mass is 10.0. The molecule has 0 aliphatic carbocycles. The van der Waals surface area contributed by atoms with Gasteiger partial charge >= 0.3 is 12.1 Å². The second-order valence-electron chi connectivity index (χ2n) is 15.5. The number of urea groups is 2. The number of nitrogens with one attached hydrogen (secondary N) is 5. The molecule has 0 atom stereocenters. The van der Waals surface area contributed by atoms with Crippen LogP contribution >= 0.6 is 0 Å². The van der Waals surface area contributed by atoms with E-state index in [-0.39, 0.29) is 12.1 Å². The van der Waals surface area contributed by atoms with Gasteiger partial charge in [0, 0.05) is 100 Å². The number of benzene rings is 6. The molecule has 61 heavy (non-hydrogen) atoms. The molecule has 4 heterocycles. The van der Waals surface area contributed by atoms with E-state index in [4.69, 9.17) is 0 Å². The van der Waals surface area contributed by atoms with Crippen LogP contribution in [0, 0.1) is 0 Å². The Labute approximate surface area is 357 Å². The van der Waals surface area contributed by atoms with E-state index in [9.17, 15) is 14.4 Å². The van der Waals surface area contributed by atoms with E-state index < -0.39 is 0 Å². The summed E-state index contributed by atoms with van der Waals surface area (Å²) in [4.78, 5) is 40.4. The Hall–Kier alpha value is -6.95. The highest BCUT2D eigenvalue weighted by molar-refractivity contribution is 5.93. The van der Waals surface area contributed by atoms with Gasteiger partial charge in [-0.15, -0.1) is 0 Å². The number of anilines is 4. The number of fused-ring (bicyclic) bond motifs is 2. The third-order valence-electron chi connectivity index (χ3n) is 11.4. The number of carbonyl (C=O) groups is 3. The molecule has 2 fully saturated rings. The average Bonchev–Trinajstić information content (AvgIpc) is 3.33. The van der Waals surface area contributed by atoms with Gasteiger partial charge in [0.2, 0.25) is 0 Å². The minimum Gasteiger partial charge on any atom is -0.369 e. The third kappa shape index (κ3) is 10.8. The zero-order valence-electron chi connectivity index (χ0n) is 34.3. The van der Waals surface area contributed by atoms with Crippen LogP contribution in [0.1, 0.15) is 27.0 Å². The van der Waals surface area contributed by atoms with Crippen molar-refractivity contribution in [3.63, 3.8) is 0 Å². The van der Waals surface area contributed by atoms with Gasteiger partial charge in [-0.05, 0) is 75.3 Å². The van der Waals surface area contributed by atoms with Crippen LogP contribution in [0.15, 0.2) is 146 Å². The Bertz CT molecular complexity index is 2400. The number of rotatable bonds is 7. The third-order valence-corrected chi connectivity index (χ3v) is 11.4. The number of nitrogens with zero attached hydrogens (tertiary/aromatic N) is 3. The van der Waals surface area contributed by atoms with E-state index in [0.29, 0.717) is 18.7 Å². The van der Waals surface area contributed by atoms with Crippen molar-refractivity contribution in [1.29, 1.82) is 0 Å². The van der Waals surface area contributed by atoms with Crippen LogP contribution in [0.5, 0.6) is 0 Å². The number of carbonyl (C=O) groups excluding carboxylic acids is 3. The summed E-state index contributed by atoms with van der Waals surface area (Å²) >= 11 is 0. The molecule has 11 heteroatoms. The minimum atomic E-state index is -0.124. The largest absolute Gasteiger partial charge is 0.369 e. The fraction of sp³-hybridized carbons (Fsp3) is 0.220. The van der Waals surface area contributed by atoms with Crippen molar-refractivity contribution in [3.05, 3.63) is 168 Å². The summed E-state index contributed by atoms with van der Waals surface area (Å²) in [7, 11) is 0. The number of piperazine rings is 2. The second-order valence-corrected chi connectivity index (χ2v) is 15.5. The molecule has 10 rings (SSSR count). The normalized spacial score (nSPS) is 15.7. The van der Waals surface area contributed by atoms with Crippen molar-refractivity contribution >= 4 is 41.1 Å². The highest BCUT2D eigenvalue weighted by atomic mass is 16.2. The fourth-order valence-corrected chi connectivity index (χ4v) is 7.94. The number of amides is 4. The lowest BCUT2D eigenvalue weighted by molar-refractivity contribution is 0.112. The first-order valence-corrected chi connectivity index (χ1v) is 21.0. The first-order chi connectivity index (χ1) is 30.0. The van der Waals surface area contributed by atoms with Crippen LogP contribution < -0.4 is 36.4 Å². The molecular formula is C50H52N8O3. The molecule has 5 N–H and O–H groups in total. The first kappa shape index (κ1) is 40.8. The Morgan fingerprint density at radius 2 is 0.951 bits per heavy atom. The zero-order valence-corrected chi connectivity index (χ0v) is 34.3. The summed E-state index contributed by atoms with van der Waals surface area (Å²) in [5, 5.41) is 14.6. The van der Waals surface area contributed by atoms with E-state index in [1.807, 2.05) is 54.6 Å². The van der Waals surface area contributed by atoms with Crippen LogP contribution in [0.3, 0.4) is 0 Å². The number of hydrogen-bond acceptors (Lipinski definition) is 7. The van der Waals surface area contributed by atoms with Gasteiger partial charge in [-0.2, -0.15) is 0 Å². The molecule has 2 saturated heterocycles. The van der Waals surface area contributed by atoms with Crippen LogP contribution in [-0.4, -0.2) is 75.6 Å².